The number of thiophene rings is 1. The predicted octanol–water partition coefficient (Wildman–Crippen LogP) is 3.11. The monoisotopic (exact) mass is 447 g/mol. The molecule has 0 amide bonds. The Labute approximate surface area is 166 Å². The summed E-state index contributed by atoms with van der Waals surface area (Å²) in [4.78, 5) is 12.0. The first-order chi connectivity index (χ1) is 13.6. The highest BCUT2D eigenvalue weighted by Crippen LogP contribution is 2.32. The van der Waals surface area contributed by atoms with Crippen LogP contribution in [0, 0.1) is 5.82 Å². The molecule has 3 rings (SSSR count). The highest BCUT2D eigenvalue weighted by Gasteiger charge is 2.35. The van der Waals surface area contributed by atoms with E-state index in [9.17, 15) is 30.8 Å². The van der Waals surface area contributed by atoms with E-state index >= 15 is 0 Å². The Balaban J connectivity index is 1.75. The smallest absolute Gasteiger partial charge is 0.268 e. The van der Waals surface area contributed by atoms with Crippen molar-refractivity contribution in [2.75, 3.05) is 6.54 Å². The number of hydrogen-bond acceptors (Lipinski definition) is 5. The van der Waals surface area contributed by atoms with Crippen molar-refractivity contribution in [1.82, 2.24) is 14.5 Å². The number of sulfonamides is 1. The zero-order valence-corrected chi connectivity index (χ0v) is 16.1. The molecule has 2 heterocycles. The highest BCUT2D eigenvalue weighted by atomic mass is 32.2. The fourth-order valence-corrected chi connectivity index (χ4v) is 4.16. The van der Waals surface area contributed by atoms with Gasteiger partial charge in [-0.25, -0.2) is 22.2 Å². The Hall–Kier alpha value is -2.57. The molecule has 0 aliphatic carbocycles. The van der Waals surface area contributed by atoms with Gasteiger partial charge in [-0.05, 0) is 35.7 Å². The summed E-state index contributed by atoms with van der Waals surface area (Å²) in [7, 11) is -4.35. The van der Waals surface area contributed by atoms with Crippen LogP contribution in [0.3, 0.4) is 0 Å². The quantitative estimate of drug-likeness (QED) is 0.589. The molecule has 1 N–H and O–H groups in total. The van der Waals surface area contributed by atoms with Gasteiger partial charge in [0.25, 0.3) is 5.56 Å². The Morgan fingerprint density at radius 2 is 1.90 bits per heavy atom. The van der Waals surface area contributed by atoms with Crippen molar-refractivity contribution in [3.63, 3.8) is 0 Å². The van der Waals surface area contributed by atoms with Crippen LogP contribution < -0.4 is 10.3 Å². The van der Waals surface area contributed by atoms with E-state index in [1.54, 1.807) is 6.07 Å². The maximum absolute atomic E-state index is 13.3. The number of nitrogens with zero attached hydrogens (tertiary/aromatic N) is 2. The van der Waals surface area contributed by atoms with Gasteiger partial charge in [0.15, 0.2) is 0 Å². The lowest BCUT2D eigenvalue weighted by Crippen LogP contribution is -2.32. The summed E-state index contributed by atoms with van der Waals surface area (Å²) in [6.45, 7) is -0.452. The largest absolute Gasteiger partial charge is 0.419 e. The molecule has 6 nitrogen and oxygen atoms in total. The van der Waals surface area contributed by atoms with Gasteiger partial charge in [-0.3, -0.25) is 4.79 Å². The summed E-state index contributed by atoms with van der Waals surface area (Å²) in [5.74, 6) is -1.57. The Morgan fingerprint density at radius 3 is 2.55 bits per heavy atom. The van der Waals surface area contributed by atoms with Crippen LogP contribution in [0.2, 0.25) is 0 Å². The van der Waals surface area contributed by atoms with Gasteiger partial charge < -0.3 is 0 Å². The standard InChI is InChI=1S/C17H13F4N3O3S2/c18-13-4-3-11(10-12(13)17(19,20)21)29(26,27)22-7-8-24-16(25)6-5-14(23-24)15-2-1-9-28-15/h1-6,9-10,22H,7-8H2. The lowest BCUT2D eigenvalue weighted by atomic mass is 10.2. The van der Waals surface area contributed by atoms with Crippen molar-refractivity contribution < 1.29 is 26.0 Å². The molecule has 3 aromatic rings. The Bertz CT molecular complexity index is 1170. The molecule has 0 saturated heterocycles. The van der Waals surface area contributed by atoms with E-state index in [-0.39, 0.29) is 19.2 Å². The van der Waals surface area contributed by atoms with Crippen LogP contribution in [0.5, 0.6) is 0 Å². The molecule has 0 unspecified atom stereocenters. The molecule has 0 aliphatic rings. The first kappa shape index (κ1) is 21.1. The topological polar surface area (TPSA) is 81.1 Å². The molecule has 0 fully saturated rings. The second kappa shape index (κ2) is 8.05. The Kier molecular flexibility index (Phi) is 5.87. The fraction of sp³-hybridized carbons (Fsp3) is 0.176. The lowest BCUT2D eigenvalue weighted by molar-refractivity contribution is -0.140. The molecule has 0 saturated carbocycles. The average molecular weight is 447 g/mol. The van der Waals surface area contributed by atoms with E-state index < -0.39 is 38.0 Å². The second-order valence-electron chi connectivity index (χ2n) is 5.79. The molecular weight excluding hydrogens is 434 g/mol. The van der Waals surface area contributed by atoms with Gasteiger partial charge in [0.05, 0.1) is 21.9 Å². The van der Waals surface area contributed by atoms with Crippen LogP contribution in [-0.2, 0) is 22.7 Å². The van der Waals surface area contributed by atoms with E-state index in [1.165, 1.54) is 23.5 Å². The van der Waals surface area contributed by atoms with Crippen LogP contribution in [0.4, 0.5) is 17.6 Å². The van der Waals surface area contributed by atoms with E-state index in [0.29, 0.717) is 11.8 Å². The summed E-state index contributed by atoms with van der Waals surface area (Å²) in [6.07, 6.45) is -5.03. The number of benzene rings is 1. The predicted molar refractivity (Wildman–Crippen MR) is 98.4 cm³/mol. The van der Waals surface area contributed by atoms with E-state index in [1.807, 2.05) is 11.4 Å². The molecule has 0 bridgehead atoms. The van der Waals surface area contributed by atoms with Gasteiger partial charge in [0.2, 0.25) is 10.0 Å². The first-order valence-corrected chi connectivity index (χ1v) is 10.4. The molecule has 0 radical (unpaired) electrons. The molecular formula is C17H13F4N3O3S2. The summed E-state index contributed by atoms with van der Waals surface area (Å²) >= 11 is 1.41. The molecule has 2 aromatic heterocycles. The lowest BCUT2D eigenvalue weighted by Gasteiger charge is -2.12. The molecule has 12 heteroatoms. The van der Waals surface area contributed by atoms with Crippen LogP contribution in [0.15, 0.2) is 57.5 Å². The van der Waals surface area contributed by atoms with E-state index in [2.05, 4.69) is 9.82 Å². The minimum atomic E-state index is -5.03. The summed E-state index contributed by atoms with van der Waals surface area (Å²) in [6, 6.07) is 7.82. The van der Waals surface area contributed by atoms with Crippen LogP contribution >= 0.6 is 11.3 Å². The molecule has 29 heavy (non-hydrogen) atoms. The minimum absolute atomic E-state index is 0.148. The summed E-state index contributed by atoms with van der Waals surface area (Å²) in [5, 5.41) is 5.98. The molecule has 154 valence electrons. The first-order valence-electron chi connectivity index (χ1n) is 8.06. The van der Waals surface area contributed by atoms with Gasteiger partial charge in [0, 0.05) is 12.6 Å². The summed E-state index contributed by atoms with van der Waals surface area (Å²) in [5.41, 5.74) is -1.62. The third-order valence-corrected chi connectivity index (χ3v) is 6.16. The number of halogens is 4. The highest BCUT2D eigenvalue weighted by molar-refractivity contribution is 7.89. The molecule has 1 aromatic carbocycles. The second-order valence-corrected chi connectivity index (χ2v) is 8.51. The van der Waals surface area contributed by atoms with Crippen molar-refractivity contribution in [3.05, 3.63) is 69.6 Å². The zero-order chi connectivity index (χ0) is 21.2. The average Bonchev–Trinajstić information content (AvgIpc) is 3.17. The number of aromatic nitrogens is 2. The van der Waals surface area contributed by atoms with Crippen LogP contribution in [0.1, 0.15) is 5.56 Å². The zero-order valence-electron chi connectivity index (χ0n) is 14.5. The molecule has 0 atom stereocenters. The van der Waals surface area contributed by atoms with Crippen molar-refractivity contribution in [2.24, 2.45) is 0 Å². The van der Waals surface area contributed by atoms with Crippen molar-refractivity contribution in [1.29, 1.82) is 0 Å². The van der Waals surface area contributed by atoms with Gasteiger partial charge in [-0.1, -0.05) is 6.07 Å². The number of hydrogen-bond donors (Lipinski definition) is 1. The summed E-state index contributed by atoms with van der Waals surface area (Å²) < 4.78 is 79.3. The van der Waals surface area contributed by atoms with Crippen LogP contribution in [0.25, 0.3) is 10.6 Å². The number of rotatable bonds is 6. The van der Waals surface area contributed by atoms with Crippen molar-refractivity contribution in [3.8, 4) is 10.6 Å². The van der Waals surface area contributed by atoms with E-state index in [0.717, 1.165) is 15.6 Å². The van der Waals surface area contributed by atoms with Gasteiger partial charge in [0.1, 0.15) is 11.5 Å². The number of nitrogens with one attached hydrogen (secondary N) is 1. The van der Waals surface area contributed by atoms with Crippen molar-refractivity contribution in [2.45, 2.75) is 17.6 Å². The fourth-order valence-electron chi connectivity index (χ4n) is 2.42. The van der Waals surface area contributed by atoms with Crippen molar-refractivity contribution >= 4 is 21.4 Å². The van der Waals surface area contributed by atoms with Gasteiger partial charge in [-0.15, -0.1) is 11.3 Å². The van der Waals surface area contributed by atoms with E-state index in [4.69, 9.17) is 0 Å². The molecule has 0 spiro atoms. The van der Waals surface area contributed by atoms with Gasteiger partial charge in [-0.2, -0.15) is 18.3 Å². The minimum Gasteiger partial charge on any atom is -0.268 e. The maximum Gasteiger partial charge on any atom is 0.419 e. The number of alkyl halides is 3. The Morgan fingerprint density at radius 1 is 1.14 bits per heavy atom. The normalized spacial score (nSPS) is 12.3. The van der Waals surface area contributed by atoms with Crippen LogP contribution in [-0.4, -0.2) is 24.7 Å². The third-order valence-electron chi connectivity index (χ3n) is 3.81. The molecule has 0 aliphatic heterocycles. The van der Waals surface area contributed by atoms with Gasteiger partial charge >= 0.3 is 6.18 Å². The third kappa shape index (κ3) is 4.89. The SMILES string of the molecule is O=c1ccc(-c2cccs2)nn1CCNS(=O)(=O)c1ccc(F)c(C(F)(F)F)c1. The maximum atomic E-state index is 13.3.